The van der Waals surface area contributed by atoms with E-state index in [-0.39, 0.29) is 0 Å². The summed E-state index contributed by atoms with van der Waals surface area (Å²) < 4.78 is 5.77. The minimum Gasteiger partial charge on any atom is -0.478 e. The van der Waals surface area contributed by atoms with E-state index in [9.17, 15) is 0 Å². The smallest absolute Gasteiger partial charge is 0.217 e. The van der Waals surface area contributed by atoms with Crippen LogP contribution in [0, 0.1) is 6.20 Å². The molecule has 3 heteroatoms. The van der Waals surface area contributed by atoms with E-state index in [0.29, 0.717) is 12.5 Å². The quantitative estimate of drug-likeness (QED) is 0.702. The van der Waals surface area contributed by atoms with Crippen molar-refractivity contribution in [2.24, 2.45) is 0 Å². The third kappa shape index (κ3) is 2.39. The number of unbranched alkanes of at least 4 members (excludes halogenated alkanes) is 1. The van der Waals surface area contributed by atoms with E-state index >= 15 is 0 Å². The van der Waals surface area contributed by atoms with Crippen LogP contribution >= 0.6 is 0 Å². The van der Waals surface area contributed by atoms with Crippen molar-refractivity contribution >= 4 is 10.8 Å². The standard InChI is InChI=1S/C17H17N2O/c1-2-3-11-20-17-16(12-18-19-17)15-10-6-8-13-7-4-5-9-14(13)15/h4-10H,2-3,11H2,1H3,(H,18,19). The molecule has 0 aliphatic rings. The fraction of sp³-hybridized carbons (Fsp3) is 0.235. The summed E-state index contributed by atoms with van der Waals surface area (Å²) in [6.45, 7) is 2.85. The molecule has 0 saturated carbocycles. The Morgan fingerprint density at radius 2 is 2.00 bits per heavy atom. The van der Waals surface area contributed by atoms with Crippen LogP contribution in [0.1, 0.15) is 19.8 Å². The summed E-state index contributed by atoms with van der Waals surface area (Å²) in [6, 6.07) is 14.5. The topological polar surface area (TPSA) is 37.9 Å². The maximum Gasteiger partial charge on any atom is 0.217 e. The number of ether oxygens (including phenoxy) is 1. The van der Waals surface area contributed by atoms with E-state index in [0.717, 1.165) is 24.0 Å². The van der Waals surface area contributed by atoms with E-state index in [2.05, 4.69) is 47.6 Å². The second kappa shape index (κ2) is 5.78. The third-order valence-electron chi connectivity index (χ3n) is 3.36. The maximum absolute atomic E-state index is 5.77. The molecular weight excluding hydrogens is 248 g/mol. The molecule has 0 aliphatic carbocycles. The van der Waals surface area contributed by atoms with Gasteiger partial charge in [0.1, 0.15) is 6.20 Å². The predicted octanol–water partition coefficient (Wildman–Crippen LogP) is 4.21. The third-order valence-corrected chi connectivity index (χ3v) is 3.36. The van der Waals surface area contributed by atoms with Crippen molar-refractivity contribution in [3.63, 3.8) is 0 Å². The molecule has 1 radical (unpaired) electrons. The summed E-state index contributed by atoms with van der Waals surface area (Å²) >= 11 is 0. The fourth-order valence-electron chi connectivity index (χ4n) is 2.29. The van der Waals surface area contributed by atoms with Gasteiger partial charge >= 0.3 is 0 Å². The highest BCUT2D eigenvalue weighted by molar-refractivity contribution is 5.97. The number of aromatic nitrogens is 2. The van der Waals surface area contributed by atoms with Gasteiger partial charge in [0, 0.05) is 0 Å². The monoisotopic (exact) mass is 265 g/mol. The molecule has 0 saturated heterocycles. The van der Waals surface area contributed by atoms with Gasteiger partial charge in [-0.3, -0.25) is 0 Å². The number of nitrogens with one attached hydrogen (secondary N) is 1. The second-order valence-corrected chi connectivity index (χ2v) is 4.77. The summed E-state index contributed by atoms with van der Waals surface area (Å²) in [4.78, 5) is 0. The van der Waals surface area contributed by atoms with Gasteiger partial charge < -0.3 is 4.74 Å². The van der Waals surface area contributed by atoms with Crippen LogP contribution in [0.15, 0.2) is 42.5 Å². The highest BCUT2D eigenvalue weighted by Gasteiger charge is 2.12. The molecule has 0 unspecified atom stereocenters. The number of rotatable bonds is 5. The predicted molar refractivity (Wildman–Crippen MR) is 80.8 cm³/mol. The van der Waals surface area contributed by atoms with Gasteiger partial charge in [-0.1, -0.05) is 55.8 Å². The van der Waals surface area contributed by atoms with Gasteiger partial charge in [-0.15, -0.1) is 0 Å². The van der Waals surface area contributed by atoms with Crippen molar-refractivity contribution in [2.45, 2.75) is 19.8 Å². The minimum atomic E-state index is 0.699. The van der Waals surface area contributed by atoms with Gasteiger partial charge in [-0.25, -0.2) is 5.10 Å². The van der Waals surface area contributed by atoms with E-state index < -0.39 is 0 Å². The summed E-state index contributed by atoms with van der Waals surface area (Å²) in [5, 5.41) is 9.30. The Balaban J connectivity index is 2.01. The number of benzene rings is 2. The van der Waals surface area contributed by atoms with Crippen LogP contribution in [0.3, 0.4) is 0 Å². The Hall–Kier alpha value is -2.29. The first-order chi connectivity index (χ1) is 9.90. The number of H-pyrrole nitrogens is 1. The zero-order valence-corrected chi connectivity index (χ0v) is 11.5. The Labute approximate surface area is 118 Å². The molecule has 0 bridgehead atoms. The highest BCUT2D eigenvalue weighted by Crippen LogP contribution is 2.33. The van der Waals surface area contributed by atoms with Gasteiger partial charge in [0.15, 0.2) is 0 Å². The lowest BCUT2D eigenvalue weighted by atomic mass is 10.0. The SMILES string of the molecule is CCCCOc1[nH]n[c]c1-c1cccc2ccccc12. The van der Waals surface area contributed by atoms with Crippen LogP contribution in [0.25, 0.3) is 21.9 Å². The molecule has 0 aliphatic heterocycles. The number of hydrogen-bond donors (Lipinski definition) is 1. The Bertz CT molecular complexity index is 698. The summed E-state index contributed by atoms with van der Waals surface area (Å²) in [7, 11) is 0. The molecule has 1 heterocycles. The van der Waals surface area contributed by atoms with Crippen LogP contribution in [0.2, 0.25) is 0 Å². The highest BCUT2D eigenvalue weighted by atomic mass is 16.5. The molecule has 1 N–H and O–H groups in total. The van der Waals surface area contributed by atoms with Crippen molar-refractivity contribution in [3.8, 4) is 17.0 Å². The fourth-order valence-corrected chi connectivity index (χ4v) is 2.29. The number of nitrogens with zero attached hydrogens (tertiary/aromatic N) is 1. The lowest BCUT2D eigenvalue weighted by molar-refractivity contribution is 0.298. The van der Waals surface area contributed by atoms with Crippen molar-refractivity contribution in [3.05, 3.63) is 48.7 Å². The molecule has 3 rings (SSSR count). The average Bonchev–Trinajstić information content (AvgIpc) is 2.95. The minimum absolute atomic E-state index is 0.699. The van der Waals surface area contributed by atoms with Gasteiger partial charge in [-0.05, 0) is 22.8 Å². The van der Waals surface area contributed by atoms with Crippen LogP contribution in [-0.2, 0) is 0 Å². The molecule has 3 nitrogen and oxygen atoms in total. The largest absolute Gasteiger partial charge is 0.478 e. The Kier molecular flexibility index (Phi) is 3.68. The van der Waals surface area contributed by atoms with Gasteiger partial charge in [-0.2, -0.15) is 5.10 Å². The molecule has 3 aromatic rings. The molecule has 2 aromatic carbocycles. The lowest BCUT2D eigenvalue weighted by Crippen LogP contribution is -1.98. The lowest BCUT2D eigenvalue weighted by Gasteiger charge is -2.08. The summed E-state index contributed by atoms with van der Waals surface area (Å²) in [6.07, 6.45) is 5.16. The first-order valence-corrected chi connectivity index (χ1v) is 6.97. The zero-order chi connectivity index (χ0) is 13.8. The zero-order valence-electron chi connectivity index (χ0n) is 11.5. The number of hydrogen-bond acceptors (Lipinski definition) is 2. The van der Waals surface area contributed by atoms with Crippen molar-refractivity contribution in [1.29, 1.82) is 0 Å². The van der Waals surface area contributed by atoms with E-state index in [1.807, 2.05) is 18.2 Å². The van der Waals surface area contributed by atoms with Crippen molar-refractivity contribution < 1.29 is 4.74 Å². The summed E-state index contributed by atoms with van der Waals surface area (Å²) in [5.74, 6) is 0.704. The molecule has 1 aromatic heterocycles. The maximum atomic E-state index is 5.77. The van der Waals surface area contributed by atoms with E-state index in [4.69, 9.17) is 4.74 Å². The van der Waals surface area contributed by atoms with Gasteiger partial charge in [0.05, 0.1) is 12.2 Å². The molecule has 0 fully saturated rings. The first kappa shape index (κ1) is 12.7. The Morgan fingerprint density at radius 1 is 1.15 bits per heavy atom. The molecule has 0 atom stereocenters. The first-order valence-electron chi connectivity index (χ1n) is 6.97. The normalized spacial score (nSPS) is 10.8. The second-order valence-electron chi connectivity index (χ2n) is 4.77. The van der Waals surface area contributed by atoms with Gasteiger partial charge in [0.25, 0.3) is 0 Å². The molecule has 0 amide bonds. The number of fused-ring (bicyclic) bond motifs is 1. The van der Waals surface area contributed by atoms with E-state index in [1.165, 1.54) is 10.8 Å². The van der Waals surface area contributed by atoms with Crippen LogP contribution in [-0.4, -0.2) is 16.8 Å². The van der Waals surface area contributed by atoms with Crippen molar-refractivity contribution in [2.75, 3.05) is 6.61 Å². The Morgan fingerprint density at radius 3 is 2.90 bits per heavy atom. The van der Waals surface area contributed by atoms with Crippen LogP contribution < -0.4 is 4.74 Å². The van der Waals surface area contributed by atoms with Gasteiger partial charge in [0.2, 0.25) is 5.88 Å². The van der Waals surface area contributed by atoms with E-state index in [1.54, 1.807) is 0 Å². The molecule has 20 heavy (non-hydrogen) atoms. The molecular formula is C17H17N2O. The molecule has 101 valence electrons. The van der Waals surface area contributed by atoms with Crippen LogP contribution in [0.4, 0.5) is 0 Å². The molecule has 0 spiro atoms. The summed E-state index contributed by atoms with van der Waals surface area (Å²) in [5.41, 5.74) is 2.00. The van der Waals surface area contributed by atoms with Crippen molar-refractivity contribution in [1.82, 2.24) is 10.2 Å². The van der Waals surface area contributed by atoms with Crippen LogP contribution in [0.5, 0.6) is 5.88 Å². The number of aromatic amines is 1. The average molecular weight is 265 g/mol.